The van der Waals surface area contributed by atoms with Crippen LogP contribution in [0.2, 0.25) is 0 Å². The van der Waals surface area contributed by atoms with E-state index in [-0.39, 0.29) is 0 Å². The van der Waals surface area contributed by atoms with Gasteiger partial charge in [0.05, 0.1) is 13.7 Å². The Hall–Kier alpha value is -1.14. The second kappa shape index (κ2) is 7.24. The number of nitrogens with one attached hydrogen (secondary N) is 1. The molecule has 0 aliphatic rings. The van der Waals surface area contributed by atoms with Crippen LogP contribution in [0.5, 0.6) is 0 Å². The fraction of sp³-hybridized carbons (Fsp3) is 0.700. The Morgan fingerprint density at radius 3 is 3.12 bits per heavy atom. The number of hydrogen-bond acceptors (Lipinski definition) is 5. The number of nitrogens with zero attached hydrogens (tertiary/aromatic N) is 3. The van der Waals surface area contributed by atoms with Gasteiger partial charge in [0, 0.05) is 13.1 Å². The van der Waals surface area contributed by atoms with Gasteiger partial charge >= 0.3 is 5.97 Å². The smallest absolute Gasteiger partial charge is 0.325 e. The summed E-state index contributed by atoms with van der Waals surface area (Å²) in [5, 5.41) is 6.46. The Balaban J connectivity index is 2.35. The van der Waals surface area contributed by atoms with Gasteiger partial charge in [-0.3, -0.25) is 4.79 Å². The van der Waals surface area contributed by atoms with Crippen LogP contribution in [0.1, 0.15) is 19.2 Å². The Bertz CT molecular complexity index is 356. The fourth-order valence-electron chi connectivity index (χ4n) is 1.35. The molecule has 17 heavy (non-hydrogen) atoms. The summed E-state index contributed by atoms with van der Waals surface area (Å²) < 4.78 is 6.35. The van der Waals surface area contributed by atoms with Gasteiger partial charge in [0.2, 0.25) is 0 Å². The number of methoxy groups -OCH3 is 1. The van der Waals surface area contributed by atoms with Crippen LogP contribution in [-0.4, -0.2) is 39.8 Å². The van der Waals surface area contributed by atoms with Gasteiger partial charge in [-0.1, -0.05) is 6.92 Å². The van der Waals surface area contributed by atoms with Crippen molar-refractivity contribution in [3.8, 4) is 0 Å². The molecular formula is C10H17ClN4O2. The Morgan fingerprint density at radius 1 is 1.71 bits per heavy atom. The number of aromatic nitrogens is 3. The minimum atomic E-state index is -0.678. The van der Waals surface area contributed by atoms with Gasteiger partial charge in [0.25, 0.3) is 0 Å². The maximum Gasteiger partial charge on any atom is 0.325 e. The van der Waals surface area contributed by atoms with Gasteiger partial charge in [-0.25, -0.2) is 9.67 Å². The minimum absolute atomic E-state index is 0.340. The molecule has 96 valence electrons. The first kappa shape index (κ1) is 13.9. The summed E-state index contributed by atoms with van der Waals surface area (Å²) in [4.78, 5) is 15.2. The van der Waals surface area contributed by atoms with Crippen molar-refractivity contribution < 1.29 is 9.53 Å². The molecule has 0 bridgehead atoms. The highest BCUT2D eigenvalue weighted by atomic mass is 35.5. The monoisotopic (exact) mass is 260 g/mol. The second-order valence-corrected chi connectivity index (χ2v) is 4.05. The van der Waals surface area contributed by atoms with Crippen LogP contribution in [0.4, 0.5) is 0 Å². The highest BCUT2D eigenvalue weighted by molar-refractivity contribution is 6.30. The van der Waals surface area contributed by atoms with Crippen molar-refractivity contribution in [3.05, 3.63) is 12.2 Å². The van der Waals surface area contributed by atoms with Crippen LogP contribution in [0, 0.1) is 0 Å². The number of ether oxygens (including phenoxy) is 1. The Morgan fingerprint density at radius 2 is 2.47 bits per heavy atom. The standard InChI is InChI=1S/C10H17ClN4O2/c1-3-4-15-9(13-7-14-15)6-12-5-8(11)10(16)17-2/h7-8,12H,3-6H2,1-2H3. The molecule has 1 aromatic heterocycles. The Kier molecular flexibility index (Phi) is 5.93. The molecule has 1 rings (SSSR count). The molecule has 0 saturated heterocycles. The number of esters is 1. The van der Waals surface area contributed by atoms with Crippen molar-refractivity contribution in [1.29, 1.82) is 0 Å². The normalized spacial score (nSPS) is 12.4. The first-order chi connectivity index (χ1) is 8.19. The molecule has 0 radical (unpaired) electrons. The molecule has 1 heterocycles. The van der Waals surface area contributed by atoms with Crippen molar-refractivity contribution in [1.82, 2.24) is 20.1 Å². The molecule has 6 nitrogen and oxygen atoms in total. The van der Waals surface area contributed by atoms with E-state index in [0.29, 0.717) is 13.1 Å². The zero-order valence-corrected chi connectivity index (χ0v) is 10.8. The molecule has 0 amide bonds. The number of carbonyl (C=O) groups excluding carboxylic acids is 1. The molecule has 0 aromatic carbocycles. The first-order valence-corrected chi connectivity index (χ1v) is 5.92. The van der Waals surface area contributed by atoms with Crippen molar-refractivity contribution in [2.75, 3.05) is 13.7 Å². The summed E-state index contributed by atoms with van der Waals surface area (Å²) >= 11 is 5.79. The van der Waals surface area contributed by atoms with Crippen molar-refractivity contribution >= 4 is 17.6 Å². The lowest BCUT2D eigenvalue weighted by atomic mass is 10.4. The van der Waals surface area contributed by atoms with Gasteiger partial charge in [-0.05, 0) is 6.42 Å². The number of hydrogen-bond donors (Lipinski definition) is 1. The first-order valence-electron chi connectivity index (χ1n) is 5.48. The molecule has 1 N–H and O–H groups in total. The number of carbonyl (C=O) groups is 1. The van der Waals surface area contributed by atoms with Gasteiger partial charge in [-0.2, -0.15) is 5.10 Å². The van der Waals surface area contributed by atoms with Gasteiger partial charge < -0.3 is 10.1 Å². The third-order valence-electron chi connectivity index (χ3n) is 2.19. The summed E-state index contributed by atoms with van der Waals surface area (Å²) in [6.45, 7) is 3.77. The predicted octanol–water partition coefficient (Wildman–Crippen LogP) is 0.558. The molecule has 1 unspecified atom stereocenters. The third-order valence-corrected chi connectivity index (χ3v) is 2.53. The van der Waals surface area contributed by atoms with Crippen LogP contribution >= 0.6 is 11.6 Å². The highest BCUT2D eigenvalue weighted by Gasteiger charge is 2.15. The van der Waals surface area contributed by atoms with Gasteiger partial charge in [0.1, 0.15) is 17.5 Å². The molecule has 0 saturated carbocycles. The topological polar surface area (TPSA) is 69.0 Å². The van der Waals surface area contributed by atoms with E-state index in [1.54, 1.807) is 0 Å². The minimum Gasteiger partial charge on any atom is -0.468 e. The van der Waals surface area contributed by atoms with E-state index in [2.05, 4.69) is 27.1 Å². The van der Waals surface area contributed by atoms with Crippen LogP contribution in [0.25, 0.3) is 0 Å². The summed E-state index contributed by atoms with van der Waals surface area (Å²) in [6, 6.07) is 0. The predicted molar refractivity (Wildman–Crippen MR) is 63.7 cm³/mol. The summed E-state index contributed by atoms with van der Waals surface area (Å²) in [6.07, 6.45) is 2.52. The quantitative estimate of drug-likeness (QED) is 0.573. The average molecular weight is 261 g/mol. The summed E-state index contributed by atoms with van der Waals surface area (Å²) in [5.41, 5.74) is 0. The maximum absolute atomic E-state index is 11.0. The highest BCUT2D eigenvalue weighted by Crippen LogP contribution is 1.99. The molecule has 1 atom stereocenters. The summed E-state index contributed by atoms with van der Waals surface area (Å²) in [7, 11) is 1.32. The van der Waals surface area contributed by atoms with Crippen molar-refractivity contribution in [2.24, 2.45) is 0 Å². The molecule has 7 heteroatoms. The van der Waals surface area contributed by atoms with Crippen LogP contribution in [0.15, 0.2) is 6.33 Å². The van der Waals surface area contributed by atoms with E-state index in [0.717, 1.165) is 18.8 Å². The number of aryl methyl sites for hydroxylation is 1. The molecule has 0 aliphatic heterocycles. The number of alkyl halides is 1. The van der Waals surface area contributed by atoms with Crippen molar-refractivity contribution in [3.63, 3.8) is 0 Å². The number of halogens is 1. The van der Waals surface area contributed by atoms with E-state index >= 15 is 0 Å². The van der Waals surface area contributed by atoms with Crippen molar-refractivity contribution in [2.45, 2.75) is 31.8 Å². The zero-order chi connectivity index (χ0) is 12.7. The molecule has 0 fully saturated rings. The molecule has 1 aromatic rings. The van der Waals surface area contributed by atoms with Crippen LogP contribution in [0.3, 0.4) is 0 Å². The average Bonchev–Trinajstić information content (AvgIpc) is 2.76. The SMILES string of the molecule is CCCn1ncnc1CNCC(Cl)C(=O)OC. The van der Waals surface area contributed by atoms with Gasteiger partial charge in [-0.15, -0.1) is 11.6 Å². The molecule has 0 aliphatic carbocycles. The van der Waals surface area contributed by atoms with E-state index in [9.17, 15) is 4.79 Å². The van der Waals surface area contributed by atoms with E-state index in [4.69, 9.17) is 11.6 Å². The largest absolute Gasteiger partial charge is 0.468 e. The lowest BCUT2D eigenvalue weighted by Gasteiger charge is -2.09. The lowest BCUT2D eigenvalue weighted by molar-refractivity contribution is -0.140. The Labute approximate surface area is 105 Å². The molecule has 0 spiro atoms. The number of rotatable bonds is 7. The fourth-order valence-corrected chi connectivity index (χ4v) is 1.54. The zero-order valence-electron chi connectivity index (χ0n) is 10.0. The van der Waals surface area contributed by atoms with E-state index in [1.165, 1.54) is 13.4 Å². The second-order valence-electron chi connectivity index (χ2n) is 3.52. The third kappa shape index (κ3) is 4.32. The van der Waals surface area contributed by atoms with E-state index in [1.807, 2.05) is 4.68 Å². The molecular weight excluding hydrogens is 244 g/mol. The maximum atomic E-state index is 11.0. The lowest BCUT2D eigenvalue weighted by Crippen LogP contribution is -2.30. The van der Waals surface area contributed by atoms with Crippen LogP contribution < -0.4 is 5.32 Å². The van der Waals surface area contributed by atoms with E-state index < -0.39 is 11.3 Å². The van der Waals surface area contributed by atoms with Crippen LogP contribution in [-0.2, 0) is 22.6 Å². The van der Waals surface area contributed by atoms with Gasteiger partial charge in [0.15, 0.2) is 0 Å². The summed E-state index contributed by atoms with van der Waals surface area (Å²) in [5.74, 6) is 0.398.